The summed E-state index contributed by atoms with van der Waals surface area (Å²) in [6, 6.07) is 0.534. The quantitative estimate of drug-likeness (QED) is 0.715. The normalized spacial score (nSPS) is 24.0. The van der Waals surface area contributed by atoms with Crippen LogP contribution in [0.2, 0.25) is 0 Å². The van der Waals surface area contributed by atoms with E-state index in [0.29, 0.717) is 11.5 Å². The molecular weight excluding hydrogens is 176 g/mol. The van der Waals surface area contributed by atoms with Crippen LogP contribution in [0, 0.1) is 5.41 Å². The van der Waals surface area contributed by atoms with Gasteiger partial charge in [0, 0.05) is 26.2 Å². The molecule has 14 heavy (non-hydrogen) atoms. The van der Waals surface area contributed by atoms with Crippen LogP contribution in [0.4, 0.5) is 0 Å². The van der Waals surface area contributed by atoms with E-state index in [0.717, 1.165) is 13.2 Å². The number of ether oxygens (including phenoxy) is 1. The fourth-order valence-corrected chi connectivity index (χ4v) is 2.19. The van der Waals surface area contributed by atoms with E-state index in [2.05, 4.69) is 24.1 Å². The summed E-state index contributed by atoms with van der Waals surface area (Å²) in [5, 5.41) is 3.24. The molecular formula is C11H24N2O. The molecule has 1 fully saturated rings. The highest BCUT2D eigenvalue weighted by Crippen LogP contribution is 2.29. The van der Waals surface area contributed by atoms with Gasteiger partial charge in [0.25, 0.3) is 0 Å². The van der Waals surface area contributed by atoms with Crippen LogP contribution in [0.25, 0.3) is 0 Å². The Morgan fingerprint density at radius 3 is 2.64 bits per heavy atom. The summed E-state index contributed by atoms with van der Waals surface area (Å²) < 4.78 is 5.26. The molecule has 0 saturated carbocycles. The molecule has 1 atom stereocenters. The van der Waals surface area contributed by atoms with Crippen LogP contribution in [-0.2, 0) is 4.74 Å². The molecule has 1 heterocycles. The minimum atomic E-state index is 0.486. The zero-order chi connectivity index (χ0) is 10.6. The van der Waals surface area contributed by atoms with E-state index in [9.17, 15) is 0 Å². The first-order valence-electron chi connectivity index (χ1n) is 5.46. The Morgan fingerprint density at radius 1 is 1.50 bits per heavy atom. The van der Waals surface area contributed by atoms with Gasteiger partial charge >= 0.3 is 0 Å². The lowest BCUT2D eigenvalue weighted by Gasteiger charge is -2.28. The predicted molar refractivity (Wildman–Crippen MR) is 59.6 cm³/mol. The van der Waals surface area contributed by atoms with Crippen molar-refractivity contribution < 1.29 is 4.74 Å². The van der Waals surface area contributed by atoms with Crippen LogP contribution < -0.4 is 5.32 Å². The Morgan fingerprint density at radius 2 is 2.21 bits per heavy atom. The average molecular weight is 200 g/mol. The van der Waals surface area contributed by atoms with E-state index in [1.54, 1.807) is 7.11 Å². The minimum Gasteiger partial charge on any atom is -0.383 e. The van der Waals surface area contributed by atoms with Crippen LogP contribution in [0.1, 0.15) is 20.3 Å². The summed E-state index contributed by atoms with van der Waals surface area (Å²) >= 11 is 0. The number of nitrogens with zero attached hydrogens (tertiary/aromatic N) is 1. The molecule has 0 amide bonds. The fourth-order valence-electron chi connectivity index (χ4n) is 2.19. The number of likely N-dealkylation sites (N-methyl/N-ethyl adjacent to an activating group) is 1. The number of nitrogens with one attached hydrogen (secondary N) is 1. The van der Waals surface area contributed by atoms with E-state index in [-0.39, 0.29) is 0 Å². The maximum atomic E-state index is 5.26. The second-order valence-corrected chi connectivity index (χ2v) is 5.05. The van der Waals surface area contributed by atoms with Crippen molar-refractivity contribution >= 4 is 0 Å². The first-order chi connectivity index (χ1) is 6.59. The molecule has 0 aromatic rings. The third-order valence-electron chi connectivity index (χ3n) is 3.02. The number of hydrogen-bond acceptors (Lipinski definition) is 3. The van der Waals surface area contributed by atoms with Gasteiger partial charge in [-0.25, -0.2) is 0 Å². The molecule has 1 rings (SSSR count). The van der Waals surface area contributed by atoms with Crippen molar-refractivity contribution in [3.63, 3.8) is 0 Å². The number of rotatable bonds is 5. The molecule has 1 N–H and O–H groups in total. The van der Waals surface area contributed by atoms with Crippen LogP contribution >= 0.6 is 0 Å². The zero-order valence-electron chi connectivity index (χ0n) is 9.97. The van der Waals surface area contributed by atoms with Crippen LogP contribution in [-0.4, -0.2) is 51.3 Å². The van der Waals surface area contributed by atoms with Gasteiger partial charge in [-0.05, 0) is 25.4 Å². The van der Waals surface area contributed by atoms with Gasteiger partial charge in [-0.1, -0.05) is 13.8 Å². The van der Waals surface area contributed by atoms with Crippen molar-refractivity contribution in [1.82, 2.24) is 10.2 Å². The molecule has 3 heteroatoms. The lowest BCUT2D eigenvalue weighted by molar-refractivity contribution is 0.0993. The van der Waals surface area contributed by atoms with Crippen molar-refractivity contribution in [2.24, 2.45) is 5.41 Å². The molecule has 0 spiro atoms. The third-order valence-corrected chi connectivity index (χ3v) is 3.02. The van der Waals surface area contributed by atoms with E-state index >= 15 is 0 Å². The smallest absolute Gasteiger partial charge is 0.0630 e. The SMILES string of the molecule is CNCC(COC)N1CCC(C)(C)C1. The molecule has 1 aliphatic rings. The number of methoxy groups -OCH3 is 1. The molecule has 0 aromatic carbocycles. The second-order valence-electron chi connectivity index (χ2n) is 5.05. The first kappa shape index (κ1) is 12.0. The van der Waals surface area contributed by atoms with Crippen molar-refractivity contribution in [2.75, 3.05) is 40.4 Å². The molecule has 0 aliphatic carbocycles. The largest absolute Gasteiger partial charge is 0.383 e. The van der Waals surface area contributed by atoms with E-state index in [4.69, 9.17) is 4.74 Å². The van der Waals surface area contributed by atoms with Crippen LogP contribution in [0.3, 0.4) is 0 Å². The summed E-state index contributed by atoms with van der Waals surface area (Å²) in [6.07, 6.45) is 1.30. The van der Waals surface area contributed by atoms with Crippen LogP contribution in [0.5, 0.6) is 0 Å². The van der Waals surface area contributed by atoms with E-state index < -0.39 is 0 Å². The van der Waals surface area contributed by atoms with Crippen molar-refractivity contribution in [2.45, 2.75) is 26.3 Å². The van der Waals surface area contributed by atoms with Gasteiger partial charge < -0.3 is 10.1 Å². The number of likely N-dealkylation sites (tertiary alicyclic amines) is 1. The standard InChI is InChI=1S/C11H24N2O/c1-11(2)5-6-13(9-11)10(7-12-3)8-14-4/h10,12H,5-9H2,1-4H3. The van der Waals surface area contributed by atoms with Gasteiger partial charge in [0.2, 0.25) is 0 Å². The highest BCUT2D eigenvalue weighted by Gasteiger charge is 2.32. The Bertz CT molecular complexity index is 165. The molecule has 1 aliphatic heterocycles. The maximum Gasteiger partial charge on any atom is 0.0630 e. The molecule has 1 unspecified atom stereocenters. The second kappa shape index (κ2) is 5.10. The van der Waals surface area contributed by atoms with Crippen molar-refractivity contribution in [3.8, 4) is 0 Å². The molecule has 0 radical (unpaired) electrons. The summed E-state index contributed by atoms with van der Waals surface area (Å²) in [6.45, 7) is 8.94. The average Bonchev–Trinajstić information content (AvgIpc) is 2.46. The Kier molecular flexibility index (Phi) is 4.35. The van der Waals surface area contributed by atoms with Crippen molar-refractivity contribution in [3.05, 3.63) is 0 Å². The summed E-state index contributed by atoms with van der Waals surface area (Å²) in [5.41, 5.74) is 0.486. The number of hydrogen-bond donors (Lipinski definition) is 1. The van der Waals surface area contributed by atoms with E-state index in [1.807, 2.05) is 7.05 Å². The third kappa shape index (κ3) is 3.23. The summed E-state index contributed by atoms with van der Waals surface area (Å²) in [7, 11) is 3.79. The Balaban J connectivity index is 2.44. The maximum absolute atomic E-state index is 5.26. The monoisotopic (exact) mass is 200 g/mol. The summed E-state index contributed by atoms with van der Waals surface area (Å²) in [5.74, 6) is 0. The van der Waals surface area contributed by atoms with Gasteiger partial charge in [0.15, 0.2) is 0 Å². The van der Waals surface area contributed by atoms with Crippen molar-refractivity contribution in [1.29, 1.82) is 0 Å². The lowest BCUT2D eigenvalue weighted by atomic mass is 9.93. The van der Waals surface area contributed by atoms with Gasteiger partial charge in [0.05, 0.1) is 6.61 Å². The molecule has 0 aromatic heterocycles. The highest BCUT2D eigenvalue weighted by molar-refractivity contribution is 4.87. The Labute approximate surface area is 87.8 Å². The molecule has 1 saturated heterocycles. The molecule has 3 nitrogen and oxygen atoms in total. The van der Waals surface area contributed by atoms with E-state index in [1.165, 1.54) is 19.5 Å². The lowest BCUT2D eigenvalue weighted by Crippen LogP contribution is -2.43. The minimum absolute atomic E-state index is 0.486. The molecule has 84 valence electrons. The Hall–Kier alpha value is -0.120. The molecule has 0 bridgehead atoms. The van der Waals surface area contributed by atoms with Crippen LogP contribution in [0.15, 0.2) is 0 Å². The fraction of sp³-hybridized carbons (Fsp3) is 1.00. The summed E-state index contributed by atoms with van der Waals surface area (Å²) in [4.78, 5) is 2.54. The topological polar surface area (TPSA) is 24.5 Å². The predicted octanol–water partition coefficient (Wildman–Crippen LogP) is 0.953. The highest BCUT2D eigenvalue weighted by atomic mass is 16.5. The van der Waals surface area contributed by atoms with Gasteiger partial charge in [-0.3, -0.25) is 4.90 Å². The van der Waals surface area contributed by atoms with Gasteiger partial charge in [-0.15, -0.1) is 0 Å². The first-order valence-corrected chi connectivity index (χ1v) is 5.46. The van der Waals surface area contributed by atoms with Gasteiger partial charge in [0.1, 0.15) is 0 Å². The van der Waals surface area contributed by atoms with Gasteiger partial charge in [-0.2, -0.15) is 0 Å². The zero-order valence-corrected chi connectivity index (χ0v) is 9.97.